The molecular weight excluding hydrogens is 167 g/mol. The summed E-state index contributed by atoms with van der Waals surface area (Å²) in [5.74, 6) is 0.257. The van der Waals surface area contributed by atoms with Crippen molar-refractivity contribution in [3.8, 4) is 0 Å². The van der Waals surface area contributed by atoms with Crippen LogP contribution in [0.2, 0.25) is 0 Å². The lowest BCUT2D eigenvalue weighted by atomic mass is 9.97. The van der Waals surface area contributed by atoms with Gasteiger partial charge in [0.25, 0.3) is 0 Å². The molecule has 64 valence electrons. The average Bonchev–Trinajstić information content (AvgIpc) is 2.05. The molecule has 1 aliphatic heterocycles. The van der Waals surface area contributed by atoms with Crippen LogP contribution in [0.5, 0.6) is 0 Å². The molecular formula is C7H11FO2S. The molecule has 4 heteroatoms. The molecule has 1 heterocycles. The average molecular weight is 178 g/mol. The molecule has 1 fully saturated rings. The molecule has 0 amide bonds. The molecule has 11 heavy (non-hydrogen) atoms. The summed E-state index contributed by atoms with van der Waals surface area (Å²) in [6, 6.07) is 0. The highest BCUT2D eigenvalue weighted by molar-refractivity contribution is 7.99. The molecule has 1 unspecified atom stereocenters. The summed E-state index contributed by atoms with van der Waals surface area (Å²) in [5, 5.41) is 8.35. The Morgan fingerprint density at radius 1 is 1.55 bits per heavy atom. The molecule has 0 spiro atoms. The molecule has 1 atom stereocenters. The van der Waals surface area contributed by atoms with E-state index in [9.17, 15) is 9.18 Å². The van der Waals surface area contributed by atoms with Crippen LogP contribution in [0.4, 0.5) is 4.39 Å². The maximum Gasteiger partial charge on any atom is 0.338 e. The van der Waals surface area contributed by atoms with Crippen LogP contribution in [-0.4, -0.2) is 28.8 Å². The van der Waals surface area contributed by atoms with Gasteiger partial charge in [0.15, 0.2) is 6.17 Å². The fraction of sp³-hybridized carbons (Fsp3) is 0.857. The van der Waals surface area contributed by atoms with Gasteiger partial charge in [0.2, 0.25) is 0 Å². The lowest BCUT2D eigenvalue weighted by molar-refractivity contribution is -0.145. The highest BCUT2D eigenvalue weighted by Gasteiger charge is 2.28. The first-order chi connectivity index (χ1) is 5.22. The predicted octanol–water partition coefficient (Wildman–Crippen LogP) is 1.55. The Morgan fingerprint density at radius 3 is 2.55 bits per heavy atom. The Labute approximate surface area is 69.2 Å². The second-order valence-electron chi connectivity index (χ2n) is 2.69. The number of thioether (sulfide) groups is 1. The maximum absolute atomic E-state index is 12.8. The van der Waals surface area contributed by atoms with Crippen molar-refractivity contribution in [3.63, 3.8) is 0 Å². The van der Waals surface area contributed by atoms with E-state index >= 15 is 0 Å². The Hall–Kier alpha value is -0.250. The van der Waals surface area contributed by atoms with Crippen LogP contribution in [0.1, 0.15) is 12.8 Å². The fourth-order valence-corrected chi connectivity index (χ4v) is 2.35. The number of hydrogen-bond donors (Lipinski definition) is 1. The molecule has 0 aliphatic carbocycles. The van der Waals surface area contributed by atoms with Crippen molar-refractivity contribution in [2.24, 2.45) is 5.92 Å². The first kappa shape index (κ1) is 8.84. The van der Waals surface area contributed by atoms with Crippen molar-refractivity contribution in [1.82, 2.24) is 0 Å². The third kappa shape index (κ3) is 2.36. The Bertz CT molecular complexity index is 145. The largest absolute Gasteiger partial charge is 0.479 e. The van der Waals surface area contributed by atoms with Gasteiger partial charge in [-0.1, -0.05) is 0 Å². The summed E-state index contributed by atoms with van der Waals surface area (Å²) in [5.41, 5.74) is 0. The predicted molar refractivity (Wildman–Crippen MR) is 42.6 cm³/mol. The minimum atomic E-state index is -1.64. The minimum Gasteiger partial charge on any atom is -0.479 e. The number of carbonyl (C=O) groups is 1. The quantitative estimate of drug-likeness (QED) is 0.697. The summed E-state index contributed by atoms with van der Waals surface area (Å²) < 4.78 is 12.8. The van der Waals surface area contributed by atoms with Gasteiger partial charge in [0.1, 0.15) is 0 Å². The first-order valence-corrected chi connectivity index (χ1v) is 4.82. The van der Waals surface area contributed by atoms with Gasteiger partial charge in [-0.3, -0.25) is 0 Å². The molecule has 1 saturated heterocycles. The van der Waals surface area contributed by atoms with Crippen molar-refractivity contribution >= 4 is 17.7 Å². The standard InChI is InChI=1S/C7H11FO2S/c8-6(7(9)10)5-1-3-11-4-2-5/h5-6H,1-4H2,(H,9,10). The van der Waals surface area contributed by atoms with E-state index in [1.165, 1.54) is 0 Å². The van der Waals surface area contributed by atoms with Crippen LogP contribution in [0.3, 0.4) is 0 Å². The number of carboxylic acids is 1. The normalized spacial score (nSPS) is 23.0. The van der Waals surface area contributed by atoms with Crippen LogP contribution < -0.4 is 0 Å². The molecule has 0 radical (unpaired) electrons. The molecule has 0 saturated carbocycles. The Kier molecular flexibility index (Phi) is 3.17. The Balaban J connectivity index is 2.38. The van der Waals surface area contributed by atoms with Crippen molar-refractivity contribution < 1.29 is 14.3 Å². The number of alkyl halides is 1. The van der Waals surface area contributed by atoms with Gasteiger partial charge >= 0.3 is 5.97 Å². The van der Waals surface area contributed by atoms with Gasteiger partial charge in [-0.15, -0.1) is 0 Å². The van der Waals surface area contributed by atoms with Crippen LogP contribution >= 0.6 is 11.8 Å². The number of aliphatic carboxylic acids is 1. The molecule has 1 N–H and O–H groups in total. The van der Waals surface area contributed by atoms with Crippen molar-refractivity contribution in [2.45, 2.75) is 19.0 Å². The summed E-state index contributed by atoms with van der Waals surface area (Å²) in [7, 11) is 0. The highest BCUT2D eigenvalue weighted by Crippen LogP contribution is 2.26. The third-order valence-corrected chi connectivity index (χ3v) is 2.96. The summed E-state index contributed by atoms with van der Waals surface area (Å²) in [6.45, 7) is 0. The van der Waals surface area contributed by atoms with Gasteiger partial charge in [0.05, 0.1) is 0 Å². The molecule has 0 bridgehead atoms. The summed E-state index contributed by atoms with van der Waals surface area (Å²) in [6.07, 6.45) is -0.230. The maximum atomic E-state index is 12.8. The zero-order valence-corrected chi connectivity index (χ0v) is 6.94. The van der Waals surface area contributed by atoms with Gasteiger partial charge in [-0.2, -0.15) is 11.8 Å². The van der Waals surface area contributed by atoms with E-state index in [2.05, 4.69) is 0 Å². The lowest BCUT2D eigenvalue weighted by Gasteiger charge is -2.21. The van der Waals surface area contributed by atoms with Gasteiger partial charge in [-0.25, -0.2) is 9.18 Å². The first-order valence-electron chi connectivity index (χ1n) is 3.66. The topological polar surface area (TPSA) is 37.3 Å². The lowest BCUT2D eigenvalue weighted by Crippen LogP contribution is -2.28. The van der Waals surface area contributed by atoms with E-state index in [0.717, 1.165) is 11.5 Å². The monoisotopic (exact) mass is 178 g/mol. The van der Waals surface area contributed by atoms with Gasteiger partial charge in [-0.05, 0) is 24.3 Å². The number of carboxylic acid groups (broad SMARTS) is 1. The summed E-state index contributed by atoms with van der Waals surface area (Å²) in [4.78, 5) is 10.2. The zero-order valence-electron chi connectivity index (χ0n) is 6.12. The van der Waals surface area contributed by atoms with Gasteiger partial charge < -0.3 is 5.11 Å². The summed E-state index contributed by atoms with van der Waals surface area (Å²) >= 11 is 1.77. The van der Waals surface area contributed by atoms with Crippen molar-refractivity contribution in [2.75, 3.05) is 11.5 Å². The van der Waals surface area contributed by atoms with E-state index in [1.54, 1.807) is 11.8 Å². The second kappa shape index (κ2) is 3.95. The minimum absolute atomic E-state index is 0.242. The number of rotatable bonds is 2. The van der Waals surface area contributed by atoms with Crippen LogP contribution in [-0.2, 0) is 4.79 Å². The molecule has 0 aromatic rings. The Morgan fingerprint density at radius 2 is 2.09 bits per heavy atom. The number of hydrogen-bond acceptors (Lipinski definition) is 2. The van der Waals surface area contributed by atoms with Crippen molar-refractivity contribution in [3.05, 3.63) is 0 Å². The SMILES string of the molecule is O=C(O)C(F)C1CCSCC1. The van der Waals surface area contributed by atoms with E-state index in [1.807, 2.05) is 0 Å². The van der Waals surface area contributed by atoms with Crippen molar-refractivity contribution in [1.29, 1.82) is 0 Å². The highest BCUT2D eigenvalue weighted by atomic mass is 32.2. The molecule has 1 aliphatic rings. The smallest absolute Gasteiger partial charge is 0.338 e. The molecule has 0 aromatic carbocycles. The number of halogens is 1. The molecule has 0 aromatic heterocycles. The van der Waals surface area contributed by atoms with Crippen LogP contribution in [0, 0.1) is 5.92 Å². The van der Waals surface area contributed by atoms with E-state index in [4.69, 9.17) is 5.11 Å². The van der Waals surface area contributed by atoms with E-state index in [0.29, 0.717) is 12.8 Å². The van der Waals surface area contributed by atoms with E-state index in [-0.39, 0.29) is 5.92 Å². The fourth-order valence-electron chi connectivity index (χ4n) is 1.21. The van der Waals surface area contributed by atoms with Gasteiger partial charge in [0, 0.05) is 5.92 Å². The third-order valence-electron chi connectivity index (χ3n) is 1.92. The molecule has 2 nitrogen and oxygen atoms in total. The molecule has 1 rings (SSSR count). The van der Waals surface area contributed by atoms with Crippen LogP contribution in [0.25, 0.3) is 0 Å². The van der Waals surface area contributed by atoms with E-state index < -0.39 is 12.1 Å². The second-order valence-corrected chi connectivity index (χ2v) is 3.91. The van der Waals surface area contributed by atoms with Crippen LogP contribution in [0.15, 0.2) is 0 Å². The zero-order chi connectivity index (χ0) is 8.27.